The van der Waals surface area contributed by atoms with Crippen LogP contribution in [0.5, 0.6) is 0 Å². The highest BCUT2D eigenvalue weighted by atomic mass is 19.1. The number of nitrogens with zero attached hydrogens (tertiary/aromatic N) is 1. The summed E-state index contributed by atoms with van der Waals surface area (Å²) in [5, 5.41) is 6.76. The first-order valence-corrected chi connectivity index (χ1v) is 7.48. The molecule has 1 heterocycles. The monoisotopic (exact) mass is 312 g/mol. The molecular weight excluding hydrogens is 295 g/mol. The predicted octanol–water partition coefficient (Wildman–Crippen LogP) is 3.20. The molecule has 0 aliphatic carbocycles. The molecule has 23 heavy (non-hydrogen) atoms. The summed E-state index contributed by atoms with van der Waals surface area (Å²) in [5.41, 5.74) is 1.84. The molecule has 0 radical (unpaired) electrons. The van der Waals surface area contributed by atoms with Gasteiger partial charge in [-0.1, -0.05) is 53.7 Å². The van der Waals surface area contributed by atoms with Gasteiger partial charge in [0.15, 0.2) is 0 Å². The first-order valence-electron chi connectivity index (χ1n) is 7.48. The van der Waals surface area contributed by atoms with Gasteiger partial charge in [-0.2, -0.15) is 0 Å². The average molecular weight is 312 g/mol. The molecular formula is C18H17FN2O2. The minimum Gasteiger partial charge on any atom is -0.382 e. The van der Waals surface area contributed by atoms with Crippen LogP contribution in [0.25, 0.3) is 0 Å². The maximum Gasteiger partial charge on any atom is 0.264 e. The van der Waals surface area contributed by atoms with E-state index in [0.29, 0.717) is 11.3 Å². The van der Waals surface area contributed by atoms with Gasteiger partial charge in [0, 0.05) is 12.0 Å². The fourth-order valence-electron chi connectivity index (χ4n) is 2.50. The van der Waals surface area contributed by atoms with Gasteiger partial charge in [0.1, 0.15) is 5.82 Å². The number of nitrogens with one attached hydrogen (secondary N) is 1. The van der Waals surface area contributed by atoms with Gasteiger partial charge in [-0.25, -0.2) is 4.39 Å². The van der Waals surface area contributed by atoms with Crippen LogP contribution in [0.1, 0.15) is 30.5 Å². The molecule has 0 saturated carbocycles. The zero-order valence-corrected chi connectivity index (χ0v) is 12.7. The van der Waals surface area contributed by atoms with Gasteiger partial charge < -0.3 is 10.2 Å². The lowest BCUT2D eigenvalue weighted by molar-refractivity contribution is -0.131. The molecule has 2 aromatic rings. The van der Waals surface area contributed by atoms with E-state index < -0.39 is 6.10 Å². The summed E-state index contributed by atoms with van der Waals surface area (Å²) in [4.78, 5) is 17.5. The van der Waals surface area contributed by atoms with E-state index in [2.05, 4.69) is 10.5 Å². The highest BCUT2D eigenvalue weighted by molar-refractivity contribution is 6.04. The molecule has 2 unspecified atom stereocenters. The largest absolute Gasteiger partial charge is 0.382 e. The maximum atomic E-state index is 13.8. The fourth-order valence-corrected chi connectivity index (χ4v) is 2.50. The van der Waals surface area contributed by atoms with Gasteiger partial charge >= 0.3 is 0 Å². The SMILES string of the molecule is CC(NC(=O)C1CC(c2ccccc2F)=NO1)c1ccccc1. The quantitative estimate of drug-likeness (QED) is 0.942. The first-order chi connectivity index (χ1) is 11.1. The van der Waals surface area contributed by atoms with Crippen LogP contribution in [0.2, 0.25) is 0 Å². The van der Waals surface area contributed by atoms with Crippen molar-refractivity contribution in [1.82, 2.24) is 5.32 Å². The second-order valence-electron chi connectivity index (χ2n) is 5.46. The highest BCUT2D eigenvalue weighted by Crippen LogP contribution is 2.20. The Morgan fingerprint density at radius 1 is 1.22 bits per heavy atom. The summed E-state index contributed by atoms with van der Waals surface area (Å²) in [6, 6.07) is 15.9. The van der Waals surface area contributed by atoms with Crippen LogP contribution < -0.4 is 5.32 Å². The van der Waals surface area contributed by atoms with Gasteiger partial charge in [-0.3, -0.25) is 4.79 Å². The van der Waals surface area contributed by atoms with E-state index >= 15 is 0 Å². The second kappa shape index (κ2) is 6.60. The summed E-state index contributed by atoms with van der Waals surface area (Å²) in [6.45, 7) is 1.90. The Balaban J connectivity index is 1.62. The van der Waals surface area contributed by atoms with Crippen molar-refractivity contribution in [3.05, 3.63) is 71.5 Å². The minimum atomic E-state index is -0.726. The smallest absolute Gasteiger partial charge is 0.264 e. The third kappa shape index (κ3) is 3.39. The molecule has 0 spiro atoms. The van der Waals surface area contributed by atoms with E-state index in [1.165, 1.54) is 6.07 Å². The zero-order valence-electron chi connectivity index (χ0n) is 12.7. The van der Waals surface area contributed by atoms with Gasteiger partial charge in [-0.05, 0) is 18.6 Å². The van der Waals surface area contributed by atoms with E-state index in [4.69, 9.17) is 4.84 Å². The Bertz CT molecular complexity index is 731. The Morgan fingerprint density at radius 2 is 1.91 bits per heavy atom. The second-order valence-corrected chi connectivity index (χ2v) is 5.46. The molecule has 0 saturated heterocycles. The summed E-state index contributed by atoms with van der Waals surface area (Å²) in [5.74, 6) is -0.620. The Kier molecular flexibility index (Phi) is 4.37. The topological polar surface area (TPSA) is 50.7 Å². The van der Waals surface area contributed by atoms with E-state index in [9.17, 15) is 9.18 Å². The minimum absolute atomic E-state index is 0.134. The van der Waals surface area contributed by atoms with E-state index in [1.54, 1.807) is 18.2 Å². The first kappa shape index (κ1) is 15.2. The number of hydrogen-bond donors (Lipinski definition) is 1. The number of oxime groups is 1. The Morgan fingerprint density at radius 3 is 2.65 bits per heavy atom. The van der Waals surface area contributed by atoms with Crippen molar-refractivity contribution in [3.8, 4) is 0 Å². The lowest BCUT2D eigenvalue weighted by Crippen LogP contribution is -2.36. The molecule has 1 amide bonds. The summed E-state index contributed by atoms with van der Waals surface area (Å²) in [6.07, 6.45) is -0.468. The van der Waals surface area contributed by atoms with Gasteiger partial charge in [0.2, 0.25) is 6.10 Å². The normalized spacial score (nSPS) is 18.0. The number of carbonyl (C=O) groups is 1. The van der Waals surface area contributed by atoms with Crippen LogP contribution in [0, 0.1) is 5.82 Å². The molecule has 4 nitrogen and oxygen atoms in total. The van der Waals surface area contributed by atoms with E-state index in [1.807, 2.05) is 37.3 Å². The third-order valence-corrected chi connectivity index (χ3v) is 3.80. The van der Waals surface area contributed by atoms with Gasteiger partial charge in [-0.15, -0.1) is 0 Å². The van der Waals surface area contributed by atoms with E-state index in [-0.39, 0.29) is 24.2 Å². The van der Waals surface area contributed by atoms with Crippen molar-refractivity contribution in [2.45, 2.75) is 25.5 Å². The molecule has 0 aromatic heterocycles. The third-order valence-electron chi connectivity index (χ3n) is 3.80. The van der Waals surface area contributed by atoms with E-state index in [0.717, 1.165) is 5.56 Å². The number of carbonyl (C=O) groups excluding carboxylic acids is 1. The maximum absolute atomic E-state index is 13.8. The lowest BCUT2D eigenvalue weighted by Gasteiger charge is -2.16. The van der Waals surface area contributed by atoms with Gasteiger partial charge in [0.05, 0.1) is 11.8 Å². The number of rotatable bonds is 4. The molecule has 1 N–H and O–H groups in total. The molecule has 2 aromatic carbocycles. The number of benzene rings is 2. The summed E-state index contributed by atoms with van der Waals surface area (Å²) >= 11 is 0. The highest BCUT2D eigenvalue weighted by Gasteiger charge is 2.30. The Hall–Kier alpha value is -2.69. The van der Waals surface area contributed by atoms with Crippen molar-refractivity contribution in [3.63, 3.8) is 0 Å². The molecule has 1 aliphatic rings. The molecule has 0 bridgehead atoms. The molecule has 1 aliphatic heterocycles. The Labute approximate surface area is 134 Å². The lowest BCUT2D eigenvalue weighted by atomic mass is 10.0. The van der Waals surface area contributed by atoms with Crippen LogP contribution in [0.3, 0.4) is 0 Å². The van der Waals surface area contributed by atoms with Crippen molar-refractivity contribution in [2.75, 3.05) is 0 Å². The molecule has 5 heteroatoms. The van der Waals surface area contributed by atoms with Crippen molar-refractivity contribution in [2.24, 2.45) is 5.16 Å². The standard InChI is InChI=1S/C18H17FN2O2/c1-12(13-7-3-2-4-8-13)20-18(22)17-11-16(21-23-17)14-9-5-6-10-15(14)19/h2-10,12,17H,11H2,1H3,(H,20,22). The molecule has 118 valence electrons. The molecule has 0 fully saturated rings. The summed E-state index contributed by atoms with van der Waals surface area (Å²) in [7, 11) is 0. The number of hydrogen-bond acceptors (Lipinski definition) is 3. The average Bonchev–Trinajstić information content (AvgIpc) is 3.06. The number of amides is 1. The van der Waals surface area contributed by atoms with Crippen molar-refractivity contribution < 1.29 is 14.0 Å². The van der Waals surface area contributed by atoms with Crippen molar-refractivity contribution >= 4 is 11.6 Å². The van der Waals surface area contributed by atoms with Gasteiger partial charge in [0.25, 0.3) is 5.91 Å². The van der Waals surface area contributed by atoms with Crippen LogP contribution in [-0.4, -0.2) is 17.7 Å². The van der Waals surface area contributed by atoms with Crippen molar-refractivity contribution in [1.29, 1.82) is 0 Å². The van der Waals surface area contributed by atoms with Crippen LogP contribution >= 0.6 is 0 Å². The predicted molar refractivity (Wildman–Crippen MR) is 85.4 cm³/mol. The molecule has 2 atom stereocenters. The zero-order chi connectivity index (χ0) is 16.2. The fraction of sp³-hybridized carbons (Fsp3) is 0.222. The number of halogens is 1. The molecule has 3 rings (SSSR count). The summed E-state index contributed by atoms with van der Waals surface area (Å²) < 4.78 is 13.8. The van der Waals surface area contributed by atoms with Crippen LogP contribution in [0.4, 0.5) is 4.39 Å². The van der Waals surface area contributed by atoms with Crippen LogP contribution in [0.15, 0.2) is 59.8 Å². The van der Waals surface area contributed by atoms with Crippen LogP contribution in [-0.2, 0) is 9.63 Å².